The molecule has 0 spiro atoms. The summed E-state index contributed by atoms with van der Waals surface area (Å²) in [6.07, 6.45) is 1.44. The highest BCUT2D eigenvalue weighted by Gasteiger charge is 2.15. The summed E-state index contributed by atoms with van der Waals surface area (Å²) in [6.45, 7) is 0. The van der Waals surface area contributed by atoms with Gasteiger partial charge in [0.05, 0.1) is 55.5 Å². The molecule has 0 bridgehead atoms. The highest BCUT2D eigenvalue weighted by Crippen LogP contribution is 2.32. The lowest BCUT2D eigenvalue weighted by molar-refractivity contribution is -0.118. The van der Waals surface area contributed by atoms with Gasteiger partial charge < -0.3 is 14.2 Å². The lowest BCUT2D eigenvalue weighted by Gasteiger charge is -2.13. The van der Waals surface area contributed by atoms with Crippen LogP contribution in [0.4, 0.5) is 0 Å². The molecule has 0 aliphatic heterocycles. The third-order valence-corrected chi connectivity index (χ3v) is 6.77. The fraction of sp³-hybridized carbons (Fsp3) is 0.154. The number of aromatic nitrogens is 2. The van der Waals surface area contributed by atoms with Crippen molar-refractivity contribution < 1.29 is 19.0 Å². The van der Waals surface area contributed by atoms with Crippen LogP contribution in [-0.4, -0.2) is 48.8 Å². The van der Waals surface area contributed by atoms with Crippen LogP contribution in [0, 0.1) is 0 Å². The first-order valence-electron chi connectivity index (χ1n) is 11.0. The molecule has 1 aromatic heterocycles. The molecule has 3 aromatic carbocycles. The summed E-state index contributed by atoms with van der Waals surface area (Å²) in [5.74, 6) is 1.11. The van der Waals surface area contributed by atoms with Crippen LogP contribution in [0.1, 0.15) is 5.56 Å². The van der Waals surface area contributed by atoms with Crippen molar-refractivity contribution in [2.75, 3.05) is 27.1 Å². The second-order valence-corrected chi connectivity index (χ2v) is 9.41. The van der Waals surface area contributed by atoms with E-state index in [0.29, 0.717) is 44.6 Å². The zero-order chi connectivity index (χ0) is 26.4. The van der Waals surface area contributed by atoms with Gasteiger partial charge in [-0.1, -0.05) is 39.8 Å². The Kier molecular flexibility index (Phi) is 8.47. The van der Waals surface area contributed by atoms with Crippen molar-refractivity contribution in [3.05, 3.63) is 81.1 Å². The van der Waals surface area contributed by atoms with Crippen LogP contribution in [0.2, 0.25) is 0 Å². The molecule has 1 amide bonds. The summed E-state index contributed by atoms with van der Waals surface area (Å²) in [4.78, 5) is 30.6. The minimum Gasteiger partial charge on any atom is -0.496 e. The van der Waals surface area contributed by atoms with Crippen molar-refractivity contribution >= 4 is 50.7 Å². The minimum absolute atomic E-state index is 0.0183. The van der Waals surface area contributed by atoms with E-state index in [1.807, 2.05) is 30.3 Å². The maximum Gasteiger partial charge on any atom is 0.266 e. The summed E-state index contributed by atoms with van der Waals surface area (Å²) in [5.41, 5.74) is 4.02. The van der Waals surface area contributed by atoms with Gasteiger partial charge in [0.15, 0.2) is 5.16 Å². The number of hydrogen-bond acceptors (Lipinski definition) is 8. The van der Waals surface area contributed by atoms with Gasteiger partial charge in [-0.2, -0.15) is 5.10 Å². The van der Waals surface area contributed by atoms with Crippen LogP contribution in [-0.2, 0) is 4.79 Å². The molecule has 0 fully saturated rings. The molecule has 4 rings (SSSR count). The summed E-state index contributed by atoms with van der Waals surface area (Å²) in [6, 6.07) is 17.8. The van der Waals surface area contributed by atoms with Crippen molar-refractivity contribution in [1.82, 2.24) is 15.0 Å². The quantitative estimate of drug-likeness (QED) is 0.135. The number of para-hydroxylation sites is 1. The van der Waals surface area contributed by atoms with E-state index >= 15 is 0 Å². The number of fused-ring (bicyclic) bond motifs is 1. The molecule has 0 unspecified atom stereocenters. The maximum absolute atomic E-state index is 13.3. The van der Waals surface area contributed by atoms with Gasteiger partial charge in [0.25, 0.3) is 11.5 Å². The third kappa shape index (κ3) is 5.95. The first-order valence-corrected chi connectivity index (χ1v) is 12.8. The number of methoxy groups -OCH3 is 3. The van der Waals surface area contributed by atoms with E-state index in [1.54, 1.807) is 37.4 Å². The smallest absolute Gasteiger partial charge is 0.266 e. The fourth-order valence-electron chi connectivity index (χ4n) is 3.52. The predicted molar refractivity (Wildman–Crippen MR) is 148 cm³/mol. The number of hydrogen-bond donors (Lipinski definition) is 1. The Balaban J connectivity index is 1.55. The topological polar surface area (TPSA) is 104 Å². The first-order chi connectivity index (χ1) is 17.9. The number of thioether (sulfide) groups is 1. The monoisotopic (exact) mass is 582 g/mol. The second-order valence-electron chi connectivity index (χ2n) is 7.56. The summed E-state index contributed by atoms with van der Waals surface area (Å²) < 4.78 is 18.4. The van der Waals surface area contributed by atoms with Gasteiger partial charge in [0.1, 0.15) is 17.2 Å². The van der Waals surface area contributed by atoms with Crippen LogP contribution in [0.15, 0.2) is 80.2 Å². The molecule has 0 aliphatic carbocycles. The van der Waals surface area contributed by atoms with Gasteiger partial charge in [-0.3, -0.25) is 14.2 Å². The standard InChI is InChI=1S/C26H23BrN4O5S/c1-34-18-12-22(35-2)20(23(13-18)36-3)14-28-30-24(32)15-37-26-29-21-7-5-4-6-19(21)25(33)31(26)17-10-8-16(27)9-11-17/h4-14H,15H2,1-3H3,(H,30,32)/b28-14+. The average molecular weight is 583 g/mol. The molecule has 11 heteroatoms. The molecular formula is C26H23BrN4O5S. The predicted octanol–water partition coefficient (Wildman–Crippen LogP) is 4.42. The van der Waals surface area contributed by atoms with Crippen molar-refractivity contribution in [2.45, 2.75) is 5.16 Å². The van der Waals surface area contributed by atoms with E-state index in [4.69, 9.17) is 14.2 Å². The van der Waals surface area contributed by atoms with Crippen LogP contribution in [0.5, 0.6) is 17.2 Å². The highest BCUT2D eigenvalue weighted by molar-refractivity contribution is 9.10. The van der Waals surface area contributed by atoms with Gasteiger partial charge in [0, 0.05) is 16.6 Å². The Morgan fingerprint density at radius 2 is 1.73 bits per heavy atom. The number of nitrogens with one attached hydrogen (secondary N) is 1. The molecule has 1 N–H and O–H groups in total. The fourth-order valence-corrected chi connectivity index (χ4v) is 4.59. The van der Waals surface area contributed by atoms with E-state index in [0.717, 1.165) is 16.2 Å². The molecule has 37 heavy (non-hydrogen) atoms. The molecule has 190 valence electrons. The lowest BCUT2D eigenvalue weighted by atomic mass is 10.2. The van der Waals surface area contributed by atoms with E-state index in [2.05, 4.69) is 31.4 Å². The second kappa shape index (κ2) is 11.9. The van der Waals surface area contributed by atoms with E-state index < -0.39 is 0 Å². The molecule has 0 saturated heterocycles. The summed E-state index contributed by atoms with van der Waals surface area (Å²) in [5, 5.41) is 4.94. The first kappa shape index (κ1) is 26.2. The van der Waals surface area contributed by atoms with Crippen molar-refractivity contribution in [2.24, 2.45) is 5.10 Å². The number of halogens is 1. The van der Waals surface area contributed by atoms with Gasteiger partial charge in [-0.05, 0) is 36.4 Å². The van der Waals surface area contributed by atoms with E-state index in [-0.39, 0.29) is 17.2 Å². The number of ether oxygens (including phenoxy) is 3. The number of amides is 1. The van der Waals surface area contributed by atoms with Gasteiger partial charge >= 0.3 is 0 Å². The zero-order valence-electron chi connectivity index (χ0n) is 20.2. The normalized spacial score (nSPS) is 11.0. The Morgan fingerprint density at radius 3 is 2.38 bits per heavy atom. The van der Waals surface area contributed by atoms with Crippen molar-refractivity contribution in [1.29, 1.82) is 0 Å². The molecule has 0 radical (unpaired) electrons. The Labute approximate surface area is 225 Å². The molecule has 0 saturated carbocycles. The van der Waals surface area contributed by atoms with Crippen molar-refractivity contribution in [3.63, 3.8) is 0 Å². The number of benzene rings is 3. The number of hydrazone groups is 1. The summed E-state index contributed by atoms with van der Waals surface area (Å²) >= 11 is 4.55. The number of carbonyl (C=O) groups excluding carboxylic acids is 1. The average Bonchev–Trinajstić information content (AvgIpc) is 2.92. The van der Waals surface area contributed by atoms with Crippen LogP contribution >= 0.6 is 27.7 Å². The molecule has 4 aromatic rings. The molecular weight excluding hydrogens is 560 g/mol. The third-order valence-electron chi connectivity index (χ3n) is 5.30. The number of rotatable bonds is 9. The number of carbonyl (C=O) groups is 1. The molecule has 0 atom stereocenters. The lowest BCUT2D eigenvalue weighted by Crippen LogP contribution is -2.24. The summed E-state index contributed by atoms with van der Waals surface area (Å²) in [7, 11) is 4.57. The van der Waals surface area contributed by atoms with Gasteiger partial charge in [0.2, 0.25) is 0 Å². The molecule has 1 heterocycles. The van der Waals surface area contributed by atoms with Crippen LogP contribution in [0.25, 0.3) is 16.6 Å². The Bertz CT molecular complexity index is 1500. The largest absolute Gasteiger partial charge is 0.496 e. The SMILES string of the molecule is COc1cc(OC)c(/C=N/NC(=O)CSc2nc3ccccc3c(=O)n2-c2ccc(Br)cc2)c(OC)c1. The Morgan fingerprint density at radius 1 is 1.05 bits per heavy atom. The van der Waals surface area contributed by atoms with E-state index in [1.165, 1.54) is 25.0 Å². The van der Waals surface area contributed by atoms with Gasteiger partial charge in [-0.25, -0.2) is 10.4 Å². The van der Waals surface area contributed by atoms with Crippen LogP contribution < -0.4 is 25.2 Å². The zero-order valence-corrected chi connectivity index (χ0v) is 22.6. The minimum atomic E-state index is -0.377. The van der Waals surface area contributed by atoms with Crippen molar-refractivity contribution in [3.8, 4) is 22.9 Å². The van der Waals surface area contributed by atoms with Gasteiger partial charge in [-0.15, -0.1) is 0 Å². The Hall–Kier alpha value is -3.83. The maximum atomic E-state index is 13.3. The van der Waals surface area contributed by atoms with Crippen LogP contribution in [0.3, 0.4) is 0 Å². The highest BCUT2D eigenvalue weighted by atomic mass is 79.9. The van der Waals surface area contributed by atoms with E-state index in [9.17, 15) is 9.59 Å². The number of nitrogens with zero attached hydrogens (tertiary/aromatic N) is 3. The molecule has 0 aliphatic rings. The molecule has 9 nitrogen and oxygen atoms in total.